The molecule has 0 aliphatic carbocycles. The van der Waals surface area contributed by atoms with Crippen molar-refractivity contribution in [2.75, 3.05) is 6.61 Å². The van der Waals surface area contributed by atoms with Crippen LogP contribution < -0.4 is 5.32 Å². The van der Waals surface area contributed by atoms with E-state index in [1.165, 1.54) is 57.8 Å². The molecule has 54 heavy (non-hydrogen) atoms. The second-order valence-electron chi connectivity index (χ2n) is 15.2. The first-order chi connectivity index (χ1) is 26.5. The van der Waals surface area contributed by atoms with Gasteiger partial charge >= 0.3 is 0 Å². The standard InChI is InChI=1S/C46H69NO7/c1-2-3-4-5-6-7-8-9-10-11-12-22-29-40(49)43(50)39(47-32-36-23-16-13-17-24-36)30-31-41-45(52-34-37-25-18-14-19-26-37)46(44(51)42(33-48)54-41)53-35-38-27-20-15-21-28-38/h13-21,23-28,39-51H,2-12,22,29-35H2,1H3/t39-,40+,41?,42?,43-,44-,45+,46?/m0/s1. The molecule has 3 aromatic rings. The van der Waals surface area contributed by atoms with Crippen LogP contribution in [0.2, 0.25) is 0 Å². The first kappa shape index (κ1) is 44.1. The average Bonchev–Trinajstić information content (AvgIpc) is 3.21. The van der Waals surface area contributed by atoms with Crippen LogP contribution in [-0.2, 0) is 34.0 Å². The van der Waals surface area contributed by atoms with Crippen molar-refractivity contribution in [3.8, 4) is 0 Å². The molecular formula is C46H69NO7. The Bertz CT molecular complexity index is 1330. The fourth-order valence-corrected chi connectivity index (χ4v) is 7.53. The lowest BCUT2D eigenvalue weighted by atomic mass is 9.89. The van der Waals surface area contributed by atoms with Gasteiger partial charge in [0.1, 0.15) is 24.4 Å². The summed E-state index contributed by atoms with van der Waals surface area (Å²) in [4.78, 5) is 0. The summed E-state index contributed by atoms with van der Waals surface area (Å²) < 4.78 is 19.3. The molecule has 3 aromatic carbocycles. The van der Waals surface area contributed by atoms with Crippen LogP contribution in [0.1, 0.15) is 120 Å². The van der Waals surface area contributed by atoms with Gasteiger partial charge in [-0.2, -0.15) is 0 Å². The first-order valence-corrected chi connectivity index (χ1v) is 20.9. The maximum absolute atomic E-state index is 11.6. The lowest BCUT2D eigenvalue weighted by molar-refractivity contribution is -0.259. The van der Waals surface area contributed by atoms with Gasteiger partial charge in [0, 0.05) is 12.6 Å². The zero-order valence-corrected chi connectivity index (χ0v) is 32.7. The van der Waals surface area contributed by atoms with Crippen molar-refractivity contribution < 1.29 is 34.6 Å². The van der Waals surface area contributed by atoms with Gasteiger partial charge in [-0.05, 0) is 36.0 Å². The number of unbranched alkanes of at least 4 members (excludes halogenated alkanes) is 11. The van der Waals surface area contributed by atoms with E-state index in [0.29, 0.717) is 32.4 Å². The monoisotopic (exact) mass is 748 g/mol. The van der Waals surface area contributed by atoms with Crippen LogP contribution in [0.15, 0.2) is 91.0 Å². The molecule has 3 unspecified atom stereocenters. The minimum Gasteiger partial charge on any atom is -0.394 e. The molecule has 1 heterocycles. The third-order valence-corrected chi connectivity index (χ3v) is 10.8. The topological polar surface area (TPSA) is 121 Å². The number of ether oxygens (including phenoxy) is 3. The quantitative estimate of drug-likeness (QED) is 0.0474. The summed E-state index contributed by atoms with van der Waals surface area (Å²) in [6, 6.07) is 29.2. The van der Waals surface area contributed by atoms with Crippen molar-refractivity contribution in [3.63, 3.8) is 0 Å². The Morgan fingerprint density at radius 2 is 1.09 bits per heavy atom. The molecule has 1 aliphatic rings. The Morgan fingerprint density at radius 3 is 1.61 bits per heavy atom. The Morgan fingerprint density at radius 1 is 0.611 bits per heavy atom. The maximum atomic E-state index is 11.6. The largest absolute Gasteiger partial charge is 0.394 e. The van der Waals surface area contributed by atoms with Crippen LogP contribution in [-0.4, -0.2) is 75.8 Å². The van der Waals surface area contributed by atoms with Crippen LogP contribution in [0.4, 0.5) is 0 Å². The summed E-state index contributed by atoms with van der Waals surface area (Å²) in [6.07, 6.45) is 10.6. The molecule has 8 atom stereocenters. The van der Waals surface area contributed by atoms with E-state index in [1.54, 1.807) is 0 Å². The molecule has 1 saturated heterocycles. The van der Waals surface area contributed by atoms with E-state index in [0.717, 1.165) is 36.0 Å². The van der Waals surface area contributed by atoms with E-state index in [4.69, 9.17) is 14.2 Å². The summed E-state index contributed by atoms with van der Waals surface area (Å²) >= 11 is 0. The van der Waals surface area contributed by atoms with Gasteiger partial charge in [0.05, 0.1) is 38.1 Å². The van der Waals surface area contributed by atoms with Gasteiger partial charge in [-0.1, -0.05) is 175 Å². The zero-order chi connectivity index (χ0) is 38.2. The summed E-state index contributed by atoms with van der Waals surface area (Å²) in [5.74, 6) is 0. The fourth-order valence-electron chi connectivity index (χ4n) is 7.53. The van der Waals surface area contributed by atoms with Crippen LogP contribution in [0, 0.1) is 0 Å². The van der Waals surface area contributed by atoms with E-state index in [9.17, 15) is 20.4 Å². The molecule has 8 nitrogen and oxygen atoms in total. The molecule has 8 heteroatoms. The Balaban J connectivity index is 1.37. The van der Waals surface area contributed by atoms with E-state index in [2.05, 4.69) is 12.2 Å². The smallest absolute Gasteiger partial charge is 0.115 e. The van der Waals surface area contributed by atoms with Crippen LogP contribution in [0.25, 0.3) is 0 Å². The van der Waals surface area contributed by atoms with Gasteiger partial charge in [0.15, 0.2) is 0 Å². The van der Waals surface area contributed by atoms with Crippen molar-refractivity contribution in [2.24, 2.45) is 0 Å². The van der Waals surface area contributed by atoms with E-state index in [-0.39, 0.29) is 13.2 Å². The second-order valence-corrected chi connectivity index (χ2v) is 15.2. The van der Waals surface area contributed by atoms with Gasteiger partial charge in [-0.25, -0.2) is 0 Å². The van der Waals surface area contributed by atoms with Crippen LogP contribution in [0.3, 0.4) is 0 Å². The zero-order valence-electron chi connectivity index (χ0n) is 32.7. The highest BCUT2D eigenvalue weighted by atomic mass is 16.6. The molecule has 0 aromatic heterocycles. The SMILES string of the molecule is CCCCCCCCCCCCCC[C@@H](O)[C@@H](O)[C@H](CCC1OC(CO)[C@H](O)C(OCc2ccccc2)[C@@H]1OCc1ccccc1)NCc1ccccc1. The number of rotatable bonds is 28. The number of hydrogen-bond donors (Lipinski definition) is 5. The summed E-state index contributed by atoms with van der Waals surface area (Å²) in [7, 11) is 0. The molecule has 5 N–H and O–H groups in total. The van der Waals surface area contributed by atoms with Crippen LogP contribution in [0.5, 0.6) is 0 Å². The molecule has 0 amide bonds. The molecule has 300 valence electrons. The highest BCUT2D eigenvalue weighted by molar-refractivity contribution is 5.16. The molecule has 0 spiro atoms. The average molecular weight is 748 g/mol. The summed E-state index contributed by atoms with van der Waals surface area (Å²) in [5.41, 5.74) is 3.03. The number of nitrogens with one attached hydrogen (secondary N) is 1. The first-order valence-electron chi connectivity index (χ1n) is 20.9. The molecule has 0 radical (unpaired) electrons. The molecule has 0 bridgehead atoms. The molecule has 0 saturated carbocycles. The summed E-state index contributed by atoms with van der Waals surface area (Å²) in [5, 5.41) is 48.0. The van der Waals surface area contributed by atoms with Crippen molar-refractivity contribution in [3.05, 3.63) is 108 Å². The minimum absolute atomic E-state index is 0.268. The van der Waals surface area contributed by atoms with Crippen LogP contribution >= 0.6 is 0 Å². The van der Waals surface area contributed by atoms with Crippen molar-refractivity contribution >= 4 is 0 Å². The Labute approximate surface area is 325 Å². The molecule has 1 fully saturated rings. The minimum atomic E-state index is -1.11. The van der Waals surface area contributed by atoms with Gasteiger partial charge < -0.3 is 40.0 Å². The maximum Gasteiger partial charge on any atom is 0.115 e. The highest BCUT2D eigenvalue weighted by Gasteiger charge is 2.46. The van der Waals surface area contributed by atoms with E-state index >= 15 is 0 Å². The molecule has 4 rings (SSSR count). The van der Waals surface area contributed by atoms with Gasteiger partial charge in [0.25, 0.3) is 0 Å². The lowest BCUT2D eigenvalue weighted by Crippen LogP contribution is -2.60. The van der Waals surface area contributed by atoms with E-state index in [1.807, 2.05) is 91.0 Å². The third-order valence-electron chi connectivity index (χ3n) is 10.8. The third kappa shape index (κ3) is 15.8. The lowest BCUT2D eigenvalue weighted by Gasteiger charge is -2.44. The number of hydrogen-bond acceptors (Lipinski definition) is 8. The Hall–Kier alpha value is -2.66. The fraction of sp³-hybridized carbons (Fsp3) is 0.609. The number of benzene rings is 3. The van der Waals surface area contributed by atoms with Gasteiger partial charge in [-0.15, -0.1) is 0 Å². The van der Waals surface area contributed by atoms with Crippen molar-refractivity contribution in [1.29, 1.82) is 0 Å². The van der Waals surface area contributed by atoms with Gasteiger partial charge in [0.2, 0.25) is 0 Å². The predicted octanol–water partition coefficient (Wildman–Crippen LogP) is 8.03. The summed E-state index contributed by atoms with van der Waals surface area (Å²) in [6.45, 7) is 2.99. The molecule has 1 aliphatic heterocycles. The molecular weight excluding hydrogens is 679 g/mol. The van der Waals surface area contributed by atoms with Crippen molar-refractivity contribution in [1.82, 2.24) is 5.32 Å². The number of aliphatic hydroxyl groups is 4. The normalized spacial score (nSPS) is 21.8. The Kier molecular flexibility index (Phi) is 21.4. The number of aliphatic hydroxyl groups excluding tert-OH is 4. The highest BCUT2D eigenvalue weighted by Crippen LogP contribution is 2.31. The van der Waals surface area contributed by atoms with Gasteiger partial charge in [-0.3, -0.25) is 0 Å². The second kappa shape index (κ2) is 26.2. The van der Waals surface area contributed by atoms with Crippen molar-refractivity contribution in [2.45, 2.75) is 172 Å². The van der Waals surface area contributed by atoms with E-state index < -0.39 is 48.8 Å². The predicted molar refractivity (Wildman–Crippen MR) is 216 cm³/mol.